The van der Waals surface area contributed by atoms with E-state index in [1.165, 1.54) is 19.2 Å². The highest BCUT2D eigenvalue weighted by atomic mass is 32.2. The van der Waals surface area contributed by atoms with Crippen LogP contribution in [0.3, 0.4) is 0 Å². The van der Waals surface area contributed by atoms with E-state index in [9.17, 15) is 13.2 Å². The van der Waals surface area contributed by atoms with Crippen molar-refractivity contribution in [1.82, 2.24) is 9.62 Å². The number of rotatable bonds is 4. The molecule has 0 aromatic heterocycles. The SMILES string of the molecule is CN(CC(=O)NC(C)(C)C)S(=O)(=O)c1ccccc1N. The number of nitrogens with one attached hydrogen (secondary N) is 1. The summed E-state index contributed by atoms with van der Waals surface area (Å²) in [7, 11) is -2.42. The van der Waals surface area contributed by atoms with Gasteiger partial charge in [0.05, 0.1) is 12.2 Å². The summed E-state index contributed by atoms with van der Waals surface area (Å²) in [4.78, 5) is 11.8. The van der Waals surface area contributed by atoms with Crippen LogP contribution in [0.1, 0.15) is 20.8 Å². The van der Waals surface area contributed by atoms with Crippen LogP contribution in [0.25, 0.3) is 0 Å². The topological polar surface area (TPSA) is 92.5 Å². The number of hydrogen-bond donors (Lipinski definition) is 2. The van der Waals surface area contributed by atoms with E-state index in [2.05, 4.69) is 5.32 Å². The lowest BCUT2D eigenvalue weighted by Gasteiger charge is -2.23. The second-order valence-corrected chi connectivity index (χ2v) is 7.61. The van der Waals surface area contributed by atoms with Crippen LogP contribution in [0, 0.1) is 0 Å². The maximum atomic E-state index is 12.3. The quantitative estimate of drug-likeness (QED) is 0.804. The van der Waals surface area contributed by atoms with Crippen molar-refractivity contribution in [2.24, 2.45) is 0 Å². The van der Waals surface area contributed by atoms with Gasteiger partial charge in [0.2, 0.25) is 15.9 Å². The molecule has 0 unspecified atom stereocenters. The molecule has 0 spiro atoms. The van der Waals surface area contributed by atoms with Gasteiger partial charge in [0.15, 0.2) is 0 Å². The van der Waals surface area contributed by atoms with Crippen LogP contribution < -0.4 is 11.1 Å². The van der Waals surface area contributed by atoms with E-state index >= 15 is 0 Å². The Morgan fingerprint density at radius 2 is 1.85 bits per heavy atom. The summed E-state index contributed by atoms with van der Waals surface area (Å²) in [5.41, 5.74) is 5.42. The molecule has 0 saturated carbocycles. The number of nitrogens with two attached hydrogens (primary N) is 1. The zero-order chi connectivity index (χ0) is 15.6. The molecule has 0 aliphatic heterocycles. The number of para-hydroxylation sites is 1. The third-order valence-corrected chi connectivity index (χ3v) is 4.37. The zero-order valence-corrected chi connectivity index (χ0v) is 13.0. The number of nitrogens with zero attached hydrogens (tertiary/aromatic N) is 1. The lowest BCUT2D eigenvalue weighted by Crippen LogP contribution is -2.46. The van der Waals surface area contributed by atoms with E-state index in [-0.39, 0.29) is 23.0 Å². The summed E-state index contributed by atoms with van der Waals surface area (Å²) in [5.74, 6) is -0.363. The van der Waals surface area contributed by atoms with Crippen molar-refractivity contribution in [3.8, 4) is 0 Å². The fourth-order valence-electron chi connectivity index (χ4n) is 1.63. The minimum Gasteiger partial charge on any atom is -0.398 e. The average Bonchev–Trinajstić information content (AvgIpc) is 2.26. The molecule has 0 aliphatic carbocycles. The molecule has 112 valence electrons. The number of anilines is 1. The molecular weight excluding hydrogens is 278 g/mol. The molecule has 0 heterocycles. The summed E-state index contributed by atoms with van der Waals surface area (Å²) in [5, 5.41) is 2.71. The Labute approximate surface area is 120 Å². The standard InChI is InChI=1S/C13H21N3O3S/c1-13(2,3)15-12(17)9-16(4)20(18,19)11-8-6-5-7-10(11)14/h5-8H,9,14H2,1-4H3,(H,15,17). The van der Waals surface area contributed by atoms with Crippen molar-refractivity contribution in [3.05, 3.63) is 24.3 Å². The molecule has 1 amide bonds. The molecule has 1 aromatic rings. The molecule has 1 aromatic carbocycles. The first-order valence-corrected chi connectivity index (χ1v) is 7.60. The zero-order valence-electron chi connectivity index (χ0n) is 12.2. The van der Waals surface area contributed by atoms with Gasteiger partial charge in [-0.05, 0) is 32.9 Å². The highest BCUT2D eigenvalue weighted by Gasteiger charge is 2.25. The smallest absolute Gasteiger partial charge is 0.245 e. The summed E-state index contributed by atoms with van der Waals surface area (Å²) in [6, 6.07) is 6.17. The monoisotopic (exact) mass is 299 g/mol. The van der Waals surface area contributed by atoms with Crippen molar-refractivity contribution < 1.29 is 13.2 Å². The van der Waals surface area contributed by atoms with Crippen molar-refractivity contribution in [1.29, 1.82) is 0 Å². The Kier molecular flexibility index (Phi) is 4.77. The minimum atomic E-state index is -3.77. The summed E-state index contributed by atoms with van der Waals surface area (Å²) in [6.07, 6.45) is 0. The third kappa shape index (κ3) is 4.21. The fourth-order valence-corrected chi connectivity index (χ4v) is 2.87. The van der Waals surface area contributed by atoms with E-state index in [1.807, 2.05) is 20.8 Å². The highest BCUT2D eigenvalue weighted by molar-refractivity contribution is 7.89. The molecule has 1 rings (SSSR count). The van der Waals surface area contributed by atoms with E-state index < -0.39 is 15.6 Å². The minimum absolute atomic E-state index is 0.00561. The van der Waals surface area contributed by atoms with Gasteiger partial charge >= 0.3 is 0 Å². The van der Waals surface area contributed by atoms with Crippen LogP contribution in [0.2, 0.25) is 0 Å². The second kappa shape index (κ2) is 5.80. The Bertz CT molecular complexity index is 591. The van der Waals surface area contributed by atoms with Gasteiger partial charge in [-0.3, -0.25) is 4.79 Å². The summed E-state index contributed by atoms with van der Waals surface area (Å²) >= 11 is 0. The lowest BCUT2D eigenvalue weighted by atomic mass is 10.1. The van der Waals surface area contributed by atoms with Crippen LogP contribution in [0.15, 0.2) is 29.2 Å². The highest BCUT2D eigenvalue weighted by Crippen LogP contribution is 2.20. The molecule has 0 radical (unpaired) electrons. The molecule has 3 N–H and O–H groups in total. The number of carbonyl (C=O) groups excluding carboxylic acids is 1. The Morgan fingerprint density at radius 3 is 2.35 bits per heavy atom. The van der Waals surface area contributed by atoms with Gasteiger partial charge in [-0.15, -0.1) is 0 Å². The molecule has 7 heteroatoms. The van der Waals surface area contributed by atoms with Crippen molar-refractivity contribution in [2.75, 3.05) is 19.3 Å². The first-order chi connectivity index (χ1) is 9.04. The van der Waals surface area contributed by atoms with Gasteiger partial charge in [0.25, 0.3) is 0 Å². The number of nitrogen functional groups attached to an aromatic ring is 1. The predicted molar refractivity (Wildman–Crippen MR) is 78.6 cm³/mol. The van der Waals surface area contributed by atoms with Crippen LogP contribution in [0.4, 0.5) is 5.69 Å². The van der Waals surface area contributed by atoms with Gasteiger partial charge in [-0.25, -0.2) is 8.42 Å². The van der Waals surface area contributed by atoms with Crippen LogP contribution in [-0.4, -0.2) is 37.8 Å². The van der Waals surface area contributed by atoms with Crippen molar-refractivity contribution >= 4 is 21.6 Å². The van der Waals surface area contributed by atoms with Gasteiger partial charge in [0.1, 0.15) is 4.90 Å². The van der Waals surface area contributed by atoms with Gasteiger partial charge in [-0.1, -0.05) is 12.1 Å². The number of benzene rings is 1. The van der Waals surface area contributed by atoms with Gasteiger partial charge < -0.3 is 11.1 Å². The van der Waals surface area contributed by atoms with Crippen LogP contribution in [0.5, 0.6) is 0 Å². The van der Waals surface area contributed by atoms with E-state index in [4.69, 9.17) is 5.73 Å². The van der Waals surface area contributed by atoms with Gasteiger partial charge in [-0.2, -0.15) is 4.31 Å². The Balaban J connectivity index is 2.89. The molecule has 0 bridgehead atoms. The second-order valence-electron chi connectivity index (χ2n) is 5.60. The molecular formula is C13H21N3O3S. The molecule has 0 saturated heterocycles. The Hall–Kier alpha value is -1.60. The van der Waals surface area contributed by atoms with Gasteiger partial charge in [0, 0.05) is 12.6 Å². The molecule has 20 heavy (non-hydrogen) atoms. The number of hydrogen-bond acceptors (Lipinski definition) is 4. The van der Waals surface area contributed by atoms with Crippen molar-refractivity contribution in [3.63, 3.8) is 0 Å². The predicted octanol–water partition coefficient (Wildman–Crippen LogP) is 0.804. The number of carbonyl (C=O) groups is 1. The number of likely N-dealkylation sites (N-methyl/N-ethyl adjacent to an activating group) is 1. The third-order valence-electron chi connectivity index (χ3n) is 2.49. The molecule has 0 fully saturated rings. The van der Waals surface area contributed by atoms with Crippen molar-refractivity contribution in [2.45, 2.75) is 31.2 Å². The average molecular weight is 299 g/mol. The number of amides is 1. The maximum absolute atomic E-state index is 12.3. The first-order valence-electron chi connectivity index (χ1n) is 6.16. The summed E-state index contributed by atoms with van der Waals surface area (Å²) in [6.45, 7) is 5.23. The van der Waals surface area contributed by atoms with E-state index in [0.717, 1.165) is 4.31 Å². The molecule has 0 aliphatic rings. The maximum Gasteiger partial charge on any atom is 0.245 e. The Morgan fingerprint density at radius 1 is 1.30 bits per heavy atom. The van der Waals surface area contributed by atoms with E-state index in [0.29, 0.717) is 0 Å². The lowest BCUT2D eigenvalue weighted by molar-refractivity contribution is -0.122. The molecule has 6 nitrogen and oxygen atoms in total. The summed E-state index contributed by atoms with van der Waals surface area (Å²) < 4.78 is 25.6. The fraction of sp³-hybridized carbons (Fsp3) is 0.462. The first kappa shape index (κ1) is 16.5. The van der Waals surface area contributed by atoms with Crippen LogP contribution >= 0.6 is 0 Å². The van der Waals surface area contributed by atoms with E-state index in [1.54, 1.807) is 12.1 Å². The number of sulfonamides is 1. The van der Waals surface area contributed by atoms with Crippen LogP contribution in [-0.2, 0) is 14.8 Å². The largest absolute Gasteiger partial charge is 0.398 e. The molecule has 0 atom stereocenters. The normalized spacial score (nSPS) is 12.4.